The van der Waals surface area contributed by atoms with E-state index in [1.807, 2.05) is 41.1 Å². The number of nitrogens with two attached hydrogens (primary N) is 1. The molecule has 0 aromatic carbocycles. The average molecular weight is 190 g/mol. The van der Waals surface area contributed by atoms with Gasteiger partial charge >= 0.3 is 0 Å². The summed E-state index contributed by atoms with van der Waals surface area (Å²) in [4.78, 5) is 0. The van der Waals surface area contributed by atoms with Crippen LogP contribution in [-0.4, -0.2) is 15.5 Å². The Morgan fingerprint density at radius 2 is 2.21 bits per heavy atom. The molecule has 1 unspecified atom stereocenters. The maximum atomic E-state index is 9.76. The minimum Gasteiger partial charge on any atom is -0.387 e. The molecular formula is C11H14N2O. The van der Waals surface area contributed by atoms with Gasteiger partial charge in [0, 0.05) is 29.5 Å². The molecule has 74 valence electrons. The number of aromatic nitrogens is 1. The summed E-state index contributed by atoms with van der Waals surface area (Å²) in [5.41, 5.74) is 7.57. The van der Waals surface area contributed by atoms with Crippen LogP contribution < -0.4 is 5.73 Å². The Morgan fingerprint density at radius 1 is 1.43 bits per heavy atom. The van der Waals surface area contributed by atoms with E-state index in [2.05, 4.69) is 0 Å². The van der Waals surface area contributed by atoms with Gasteiger partial charge < -0.3 is 15.2 Å². The molecule has 2 atom stereocenters. The van der Waals surface area contributed by atoms with Gasteiger partial charge in [-0.25, -0.2) is 0 Å². The molecule has 0 saturated carbocycles. The van der Waals surface area contributed by atoms with Gasteiger partial charge in [-0.15, -0.1) is 0 Å². The zero-order valence-electron chi connectivity index (χ0n) is 8.09. The van der Waals surface area contributed by atoms with Crippen LogP contribution in [0.25, 0.3) is 5.52 Å². The standard InChI is InChI=1S/C11H14N2O/c1-8(12)11(14)9-6-10-4-2-3-5-13(10)7-9/h2-8,11,14H,12H2,1H3/t8?,11-/m0/s1. The Morgan fingerprint density at radius 3 is 2.86 bits per heavy atom. The van der Waals surface area contributed by atoms with Gasteiger partial charge in [-0.3, -0.25) is 0 Å². The molecule has 2 rings (SSSR count). The molecule has 0 fully saturated rings. The molecule has 3 N–H and O–H groups in total. The first-order valence-corrected chi connectivity index (χ1v) is 4.69. The summed E-state index contributed by atoms with van der Waals surface area (Å²) in [6.45, 7) is 1.80. The second-order valence-corrected chi connectivity index (χ2v) is 3.61. The highest BCUT2D eigenvalue weighted by Gasteiger charge is 2.13. The summed E-state index contributed by atoms with van der Waals surface area (Å²) in [6, 6.07) is 7.63. The fraction of sp³-hybridized carbons (Fsp3) is 0.273. The van der Waals surface area contributed by atoms with Crippen LogP contribution in [0.5, 0.6) is 0 Å². The lowest BCUT2D eigenvalue weighted by Gasteiger charge is -2.11. The first-order valence-electron chi connectivity index (χ1n) is 4.69. The highest BCUT2D eigenvalue weighted by Crippen LogP contribution is 2.18. The number of rotatable bonds is 2. The minimum absolute atomic E-state index is 0.243. The van der Waals surface area contributed by atoms with Crippen LogP contribution in [0.1, 0.15) is 18.6 Å². The number of aliphatic hydroxyl groups is 1. The van der Waals surface area contributed by atoms with Gasteiger partial charge in [0.1, 0.15) is 0 Å². The van der Waals surface area contributed by atoms with Gasteiger partial charge in [0.2, 0.25) is 0 Å². The van der Waals surface area contributed by atoms with Crippen molar-refractivity contribution in [3.63, 3.8) is 0 Å². The third-order valence-corrected chi connectivity index (χ3v) is 2.37. The van der Waals surface area contributed by atoms with Crippen LogP contribution in [0.15, 0.2) is 36.7 Å². The summed E-state index contributed by atoms with van der Waals surface area (Å²) in [7, 11) is 0. The number of aliphatic hydroxyl groups excluding tert-OH is 1. The maximum Gasteiger partial charge on any atom is 0.0953 e. The molecule has 0 aliphatic rings. The van der Waals surface area contributed by atoms with E-state index in [0.29, 0.717) is 0 Å². The maximum absolute atomic E-state index is 9.76. The number of pyridine rings is 1. The number of fused-ring (bicyclic) bond motifs is 1. The third-order valence-electron chi connectivity index (χ3n) is 2.37. The first kappa shape index (κ1) is 9.24. The Bertz CT molecular complexity index is 401. The van der Waals surface area contributed by atoms with Crippen LogP contribution in [0.3, 0.4) is 0 Å². The summed E-state index contributed by atoms with van der Waals surface area (Å²) in [5.74, 6) is 0. The summed E-state index contributed by atoms with van der Waals surface area (Å²) in [5, 5.41) is 9.76. The van der Waals surface area contributed by atoms with Crippen molar-refractivity contribution in [1.29, 1.82) is 0 Å². The van der Waals surface area contributed by atoms with Crippen LogP contribution in [0.2, 0.25) is 0 Å². The Kier molecular flexibility index (Phi) is 2.27. The molecule has 3 nitrogen and oxygen atoms in total. The van der Waals surface area contributed by atoms with E-state index in [1.54, 1.807) is 6.92 Å². The van der Waals surface area contributed by atoms with Crippen molar-refractivity contribution >= 4 is 5.52 Å². The summed E-state index contributed by atoms with van der Waals surface area (Å²) < 4.78 is 1.97. The SMILES string of the molecule is CC(N)[C@H](O)c1cc2ccccn2c1. The fourth-order valence-corrected chi connectivity index (χ4v) is 1.54. The average Bonchev–Trinajstić information content (AvgIpc) is 2.59. The van der Waals surface area contributed by atoms with Crippen LogP contribution >= 0.6 is 0 Å². The molecule has 0 amide bonds. The van der Waals surface area contributed by atoms with Crippen molar-refractivity contribution < 1.29 is 5.11 Å². The van der Waals surface area contributed by atoms with E-state index in [4.69, 9.17) is 5.73 Å². The lowest BCUT2D eigenvalue weighted by Crippen LogP contribution is -2.23. The molecule has 0 aliphatic carbocycles. The second-order valence-electron chi connectivity index (χ2n) is 3.61. The summed E-state index contributed by atoms with van der Waals surface area (Å²) in [6.07, 6.45) is 3.27. The minimum atomic E-state index is -0.588. The molecule has 14 heavy (non-hydrogen) atoms. The molecule has 3 heteroatoms. The van der Waals surface area contributed by atoms with E-state index < -0.39 is 6.10 Å². The largest absolute Gasteiger partial charge is 0.387 e. The fourth-order valence-electron chi connectivity index (χ4n) is 1.54. The van der Waals surface area contributed by atoms with Crippen molar-refractivity contribution in [2.75, 3.05) is 0 Å². The predicted octanol–water partition coefficient (Wildman–Crippen LogP) is 1.32. The zero-order chi connectivity index (χ0) is 10.1. The van der Waals surface area contributed by atoms with Crippen molar-refractivity contribution in [2.24, 2.45) is 5.73 Å². The smallest absolute Gasteiger partial charge is 0.0953 e. The second kappa shape index (κ2) is 3.44. The third kappa shape index (κ3) is 1.52. The van der Waals surface area contributed by atoms with E-state index >= 15 is 0 Å². The van der Waals surface area contributed by atoms with Gasteiger partial charge in [-0.2, -0.15) is 0 Å². The summed E-state index contributed by atoms with van der Waals surface area (Å²) >= 11 is 0. The molecule has 0 radical (unpaired) electrons. The molecule has 2 aromatic heterocycles. The highest BCUT2D eigenvalue weighted by atomic mass is 16.3. The Labute approximate surface area is 82.8 Å². The molecule has 0 spiro atoms. The first-order chi connectivity index (χ1) is 6.68. The molecule has 0 aliphatic heterocycles. The topological polar surface area (TPSA) is 50.7 Å². The van der Waals surface area contributed by atoms with Gasteiger partial charge in [-0.1, -0.05) is 6.07 Å². The highest BCUT2D eigenvalue weighted by molar-refractivity contribution is 5.50. The van der Waals surface area contributed by atoms with Crippen molar-refractivity contribution in [3.8, 4) is 0 Å². The monoisotopic (exact) mass is 190 g/mol. The lowest BCUT2D eigenvalue weighted by atomic mass is 10.1. The predicted molar refractivity (Wildman–Crippen MR) is 56.0 cm³/mol. The van der Waals surface area contributed by atoms with E-state index in [0.717, 1.165) is 11.1 Å². The van der Waals surface area contributed by atoms with Crippen molar-refractivity contribution in [3.05, 3.63) is 42.2 Å². The number of hydrogen-bond donors (Lipinski definition) is 2. The Balaban J connectivity index is 2.45. The normalized spacial score (nSPS) is 15.6. The molecule has 2 heterocycles. The van der Waals surface area contributed by atoms with Gasteiger partial charge in [-0.05, 0) is 25.1 Å². The van der Waals surface area contributed by atoms with Crippen molar-refractivity contribution in [2.45, 2.75) is 19.1 Å². The zero-order valence-corrected chi connectivity index (χ0v) is 8.09. The van der Waals surface area contributed by atoms with Crippen molar-refractivity contribution in [1.82, 2.24) is 4.40 Å². The van der Waals surface area contributed by atoms with E-state index in [-0.39, 0.29) is 6.04 Å². The van der Waals surface area contributed by atoms with E-state index in [9.17, 15) is 5.11 Å². The van der Waals surface area contributed by atoms with Gasteiger partial charge in [0.25, 0.3) is 0 Å². The molecule has 0 saturated heterocycles. The Hall–Kier alpha value is -1.32. The number of nitrogens with zero attached hydrogens (tertiary/aromatic N) is 1. The molecule has 2 aromatic rings. The van der Waals surface area contributed by atoms with E-state index in [1.165, 1.54) is 0 Å². The van der Waals surface area contributed by atoms with Gasteiger partial charge in [0.15, 0.2) is 0 Å². The number of hydrogen-bond acceptors (Lipinski definition) is 2. The van der Waals surface area contributed by atoms with Gasteiger partial charge in [0.05, 0.1) is 6.10 Å². The molecule has 0 bridgehead atoms. The van der Waals surface area contributed by atoms with Crippen LogP contribution in [0, 0.1) is 0 Å². The van der Waals surface area contributed by atoms with Crippen LogP contribution in [0.4, 0.5) is 0 Å². The quantitative estimate of drug-likeness (QED) is 0.750. The van der Waals surface area contributed by atoms with Crippen LogP contribution in [-0.2, 0) is 0 Å². The molecular weight excluding hydrogens is 176 g/mol. The lowest BCUT2D eigenvalue weighted by molar-refractivity contribution is 0.153.